The first-order chi connectivity index (χ1) is 10.1. The molecule has 0 aliphatic rings. The minimum absolute atomic E-state index is 0.158. The van der Waals surface area contributed by atoms with Crippen LogP contribution in [0.25, 0.3) is 11.2 Å². The van der Waals surface area contributed by atoms with Crippen LogP contribution in [0.15, 0.2) is 39.9 Å². The van der Waals surface area contributed by atoms with Gasteiger partial charge in [0.15, 0.2) is 5.65 Å². The molecule has 0 fully saturated rings. The summed E-state index contributed by atoms with van der Waals surface area (Å²) in [4.78, 5) is 31.5. The lowest BCUT2D eigenvalue weighted by Crippen LogP contribution is -2.41. The first-order valence-electron chi connectivity index (χ1n) is 6.54. The van der Waals surface area contributed by atoms with Gasteiger partial charge in [0.25, 0.3) is 5.56 Å². The van der Waals surface area contributed by atoms with Crippen molar-refractivity contribution in [2.24, 2.45) is 12.8 Å². The van der Waals surface area contributed by atoms with Gasteiger partial charge >= 0.3 is 5.69 Å². The van der Waals surface area contributed by atoms with E-state index in [4.69, 9.17) is 5.73 Å². The Morgan fingerprint density at radius 2 is 1.95 bits per heavy atom. The molecule has 3 aromatic rings. The van der Waals surface area contributed by atoms with Gasteiger partial charge in [-0.3, -0.25) is 9.36 Å². The lowest BCUT2D eigenvalue weighted by atomic mass is 10.1. The Morgan fingerprint density at radius 3 is 2.62 bits per heavy atom. The smallest absolute Gasteiger partial charge is 0.333 e. The van der Waals surface area contributed by atoms with Crippen molar-refractivity contribution in [2.75, 3.05) is 0 Å². The molecule has 7 nitrogen and oxygen atoms in total. The SMILES string of the molecule is Cn1c(=O)n(CN)c(=O)c2[nH]c(Cc3ccccc3)nc21. The van der Waals surface area contributed by atoms with Crippen LogP contribution >= 0.6 is 0 Å². The van der Waals surface area contributed by atoms with Gasteiger partial charge in [0, 0.05) is 13.5 Å². The summed E-state index contributed by atoms with van der Waals surface area (Å²) in [5.74, 6) is 0.637. The molecular weight excluding hydrogens is 270 g/mol. The van der Waals surface area contributed by atoms with E-state index in [9.17, 15) is 9.59 Å². The van der Waals surface area contributed by atoms with Crippen LogP contribution in [0.5, 0.6) is 0 Å². The molecular formula is C14H15N5O2. The Labute approximate surface area is 119 Å². The van der Waals surface area contributed by atoms with Gasteiger partial charge in [0.2, 0.25) is 0 Å². The second-order valence-electron chi connectivity index (χ2n) is 4.80. The van der Waals surface area contributed by atoms with Crippen LogP contribution in [0.1, 0.15) is 11.4 Å². The molecule has 3 N–H and O–H groups in total. The number of imidazole rings is 1. The molecule has 0 bridgehead atoms. The molecule has 1 aromatic carbocycles. The van der Waals surface area contributed by atoms with Crippen molar-refractivity contribution in [3.8, 4) is 0 Å². The Hall–Kier alpha value is -2.67. The van der Waals surface area contributed by atoms with E-state index in [1.807, 2.05) is 30.3 Å². The molecule has 7 heteroatoms. The maximum absolute atomic E-state index is 12.2. The van der Waals surface area contributed by atoms with Crippen molar-refractivity contribution >= 4 is 11.2 Å². The molecule has 0 aliphatic heterocycles. The highest BCUT2D eigenvalue weighted by molar-refractivity contribution is 5.69. The van der Waals surface area contributed by atoms with E-state index in [1.165, 1.54) is 4.57 Å². The number of nitrogens with zero attached hydrogens (tertiary/aromatic N) is 3. The summed E-state index contributed by atoms with van der Waals surface area (Å²) in [6.45, 7) is -0.158. The summed E-state index contributed by atoms with van der Waals surface area (Å²) in [5.41, 5.74) is 6.27. The number of rotatable bonds is 3. The molecule has 2 heterocycles. The van der Waals surface area contributed by atoms with Gasteiger partial charge in [0.05, 0.1) is 6.67 Å². The molecule has 0 saturated heterocycles. The molecule has 0 unspecified atom stereocenters. The first-order valence-corrected chi connectivity index (χ1v) is 6.54. The molecule has 2 aromatic heterocycles. The van der Waals surface area contributed by atoms with Gasteiger partial charge in [-0.05, 0) is 5.56 Å². The van der Waals surface area contributed by atoms with Gasteiger partial charge in [-0.1, -0.05) is 30.3 Å². The van der Waals surface area contributed by atoms with E-state index in [0.717, 1.165) is 10.1 Å². The fourth-order valence-corrected chi connectivity index (χ4v) is 2.33. The highest BCUT2D eigenvalue weighted by Crippen LogP contribution is 2.09. The van der Waals surface area contributed by atoms with E-state index in [0.29, 0.717) is 23.4 Å². The molecule has 108 valence electrons. The Morgan fingerprint density at radius 1 is 1.24 bits per heavy atom. The fourth-order valence-electron chi connectivity index (χ4n) is 2.33. The number of aromatic nitrogens is 4. The summed E-state index contributed by atoms with van der Waals surface area (Å²) in [7, 11) is 1.57. The number of fused-ring (bicyclic) bond motifs is 1. The van der Waals surface area contributed by atoms with Crippen molar-refractivity contribution in [3.63, 3.8) is 0 Å². The lowest BCUT2D eigenvalue weighted by Gasteiger charge is -2.03. The number of hydrogen-bond acceptors (Lipinski definition) is 4. The third-order valence-electron chi connectivity index (χ3n) is 3.43. The summed E-state index contributed by atoms with van der Waals surface area (Å²) in [5, 5.41) is 0. The molecule has 0 aliphatic carbocycles. The fraction of sp³-hybridized carbons (Fsp3) is 0.214. The van der Waals surface area contributed by atoms with Gasteiger partial charge in [-0.15, -0.1) is 0 Å². The van der Waals surface area contributed by atoms with Crippen LogP contribution in [-0.4, -0.2) is 19.1 Å². The average Bonchev–Trinajstić information content (AvgIpc) is 2.91. The summed E-state index contributed by atoms with van der Waals surface area (Å²) in [6.07, 6.45) is 0.561. The topological polar surface area (TPSA) is 98.7 Å². The van der Waals surface area contributed by atoms with Crippen molar-refractivity contribution in [1.29, 1.82) is 0 Å². The Balaban J connectivity index is 2.17. The van der Waals surface area contributed by atoms with Gasteiger partial charge in [-0.2, -0.15) is 0 Å². The van der Waals surface area contributed by atoms with Gasteiger partial charge in [-0.25, -0.2) is 14.3 Å². The molecule has 3 rings (SSSR count). The number of hydrogen-bond donors (Lipinski definition) is 2. The van der Waals surface area contributed by atoms with Gasteiger partial charge < -0.3 is 10.7 Å². The monoisotopic (exact) mass is 285 g/mol. The Bertz CT molecular complexity index is 905. The minimum Gasteiger partial charge on any atom is -0.336 e. The normalized spacial score (nSPS) is 11.1. The number of nitrogens with one attached hydrogen (secondary N) is 1. The largest absolute Gasteiger partial charge is 0.336 e. The maximum Gasteiger partial charge on any atom is 0.333 e. The zero-order valence-corrected chi connectivity index (χ0v) is 11.5. The maximum atomic E-state index is 12.2. The van der Waals surface area contributed by atoms with Crippen molar-refractivity contribution < 1.29 is 0 Å². The molecule has 0 radical (unpaired) electrons. The molecule has 0 spiro atoms. The standard InChI is InChI=1S/C14H15N5O2/c1-18-12-11(13(20)19(8-15)14(18)21)16-10(17-12)7-9-5-3-2-4-6-9/h2-6H,7-8,15H2,1H3,(H,16,17). The number of aromatic amines is 1. The summed E-state index contributed by atoms with van der Waals surface area (Å²) in [6, 6.07) is 9.77. The van der Waals surface area contributed by atoms with E-state index >= 15 is 0 Å². The van der Waals surface area contributed by atoms with Crippen LogP contribution in [0.2, 0.25) is 0 Å². The van der Waals surface area contributed by atoms with Crippen LogP contribution in [0.4, 0.5) is 0 Å². The third-order valence-corrected chi connectivity index (χ3v) is 3.43. The van der Waals surface area contributed by atoms with Crippen LogP contribution in [0, 0.1) is 0 Å². The van der Waals surface area contributed by atoms with E-state index < -0.39 is 11.2 Å². The zero-order chi connectivity index (χ0) is 15.0. The van der Waals surface area contributed by atoms with Gasteiger partial charge in [0.1, 0.15) is 11.3 Å². The predicted octanol–water partition coefficient (Wildman–Crippen LogP) is -0.0697. The highest BCUT2D eigenvalue weighted by Gasteiger charge is 2.14. The number of aryl methyl sites for hydroxylation is 1. The molecule has 21 heavy (non-hydrogen) atoms. The van der Waals surface area contributed by atoms with Crippen LogP contribution in [-0.2, 0) is 20.1 Å². The quantitative estimate of drug-likeness (QED) is 0.703. The summed E-state index contributed by atoms with van der Waals surface area (Å²) < 4.78 is 2.31. The second-order valence-corrected chi connectivity index (χ2v) is 4.80. The lowest BCUT2D eigenvalue weighted by molar-refractivity contribution is 0.621. The minimum atomic E-state index is -0.465. The summed E-state index contributed by atoms with van der Waals surface area (Å²) >= 11 is 0. The molecule has 0 saturated carbocycles. The number of benzene rings is 1. The van der Waals surface area contributed by atoms with E-state index in [-0.39, 0.29) is 6.67 Å². The average molecular weight is 285 g/mol. The van der Waals surface area contributed by atoms with Crippen LogP contribution in [0.3, 0.4) is 0 Å². The molecule has 0 atom stereocenters. The highest BCUT2D eigenvalue weighted by atomic mass is 16.2. The van der Waals surface area contributed by atoms with Crippen molar-refractivity contribution in [3.05, 3.63) is 62.6 Å². The number of H-pyrrole nitrogens is 1. The van der Waals surface area contributed by atoms with Crippen molar-refractivity contribution in [2.45, 2.75) is 13.1 Å². The Kier molecular flexibility index (Phi) is 3.19. The number of nitrogens with two attached hydrogens (primary N) is 1. The van der Waals surface area contributed by atoms with Crippen molar-refractivity contribution in [1.82, 2.24) is 19.1 Å². The second kappa shape index (κ2) is 5.02. The third kappa shape index (κ3) is 2.17. The van der Waals surface area contributed by atoms with Crippen LogP contribution < -0.4 is 17.0 Å². The van der Waals surface area contributed by atoms with E-state index in [2.05, 4.69) is 9.97 Å². The first kappa shape index (κ1) is 13.3. The predicted molar refractivity (Wildman–Crippen MR) is 79.0 cm³/mol. The molecule has 0 amide bonds. The zero-order valence-electron chi connectivity index (χ0n) is 11.5. The van der Waals surface area contributed by atoms with E-state index in [1.54, 1.807) is 7.05 Å².